The number of esters is 1. The Morgan fingerprint density at radius 3 is 2.66 bits per heavy atom. The van der Waals surface area contributed by atoms with E-state index >= 15 is 0 Å². The van der Waals surface area contributed by atoms with Crippen LogP contribution in [0.2, 0.25) is 0 Å². The molecule has 0 radical (unpaired) electrons. The minimum atomic E-state index is -1.68. The van der Waals surface area contributed by atoms with Gasteiger partial charge in [0.25, 0.3) is 0 Å². The first-order valence-corrected chi connectivity index (χ1v) is 14.3. The number of aliphatic hydroxyl groups excluding tert-OH is 1. The van der Waals surface area contributed by atoms with Gasteiger partial charge in [-0.15, -0.1) is 0 Å². The summed E-state index contributed by atoms with van der Waals surface area (Å²) in [4.78, 5) is 13.8. The number of carbonyl (C=O) groups is 1. The number of rotatable bonds is 0. The van der Waals surface area contributed by atoms with Gasteiger partial charge in [0.05, 0.1) is 18.8 Å². The molecular formula is C31H44O7. The van der Waals surface area contributed by atoms with E-state index < -0.39 is 41.6 Å². The molecule has 0 aromatic rings. The number of hydrogen-bond donors (Lipinski definition) is 2. The minimum Gasteiger partial charge on any atom is -0.462 e. The van der Waals surface area contributed by atoms with Crippen LogP contribution in [0.25, 0.3) is 0 Å². The van der Waals surface area contributed by atoms with Gasteiger partial charge in [-0.3, -0.25) is 4.79 Å². The van der Waals surface area contributed by atoms with Crippen molar-refractivity contribution in [1.82, 2.24) is 0 Å². The second-order valence-corrected chi connectivity index (χ2v) is 12.4. The third-order valence-electron chi connectivity index (χ3n) is 9.30. The molecule has 2 N–H and O–H groups in total. The lowest BCUT2D eigenvalue weighted by atomic mass is 9.71. The lowest BCUT2D eigenvalue weighted by Crippen LogP contribution is -2.58. The molecule has 1 aliphatic carbocycles. The number of fused-ring (bicyclic) bond motifs is 2. The summed E-state index contributed by atoms with van der Waals surface area (Å²) >= 11 is 0. The van der Waals surface area contributed by atoms with Crippen molar-refractivity contribution < 1.29 is 34.0 Å². The van der Waals surface area contributed by atoms with Crippen molar-refractivity contribution in [1.29, 1.82) is 0 Å². The average molecular weight is 529 g/mol. The highest BCUT2D eigenvalue weighted by molar-refractivity contribution is 5.78. The number of allylic oxidation sites excluding steroid dienone is 4. The number of aliphatic hydroxyl groups is 2. The van der Waals surface area contributed by atoms with Gasteiger partial charge in [-0.2, -0.15) is 0 Å². The number of carbonyl (C=O) groups excluding carboxylic acids is 1. The van der Waals surface area contributed by atoms with E-state index in [4.69, 9.17) is 18.9 Å². The molecule has 7 heteroatoms. The molecule has 0 aromatic heterocycles. The highest BCUT2D eigenvalue weighted by atomic mass is 16.7. The summed E-state index contributed by atoms with van der Waals surface area (Å²) in [5.41, 5.74) is 0.783. The van der Waals surface area contributed by atoms with E-state index in [1.54, 1.807) is 13.0 Å². The largest absolute Gasteiger partial charge is 0.462 e. The van der Waals surface area contributed by atoms with Crippen molar-refractivity contribution in [2.75, 3.05) is 6.61 Å². The van der Waals surface area contributed by atoms with Gasteiger partial charge >= 0.3 is 5.97 Å². The van der Waals surface area contributed by atoms with Crippen LogP contribution >= 0.6 is 0 Å². The lowest BCUT2D eigenvalue weighted by Gasteiger charge is -2.49. The summed E-state index contributed by atoms with van der Waals surface area (Å²) in [5, 5.41) is 22.8. The fraction of sp³-hybridized carbons (Fsp3) is 0.710. The molecule has 0 amide bonds. The van der Waals surface area contributed by atoms with Gasteiger partial charge in [-0.1, -0.05) is 49.8 Å². The van der Waals surface area contributed by atoms with Crippen LogP contribution in [-0.4, -0.2) is 64.7 Å². The van der Waals surface area contributed by atoms with Crippen LogP contribution in [0.3, 0.4) is 0 Å². The molecule has 5 rings (SSSR count). The Balaban J connectivity index is 1.51. The number of hydrogen-bond acceptors (Lipinski definition) is 7. The van der Waals surface area contributed by atoms with Gasteiger partial charge < -0.3 is 29.2 Å². The Morgan fingerprint density at radius 1 is 1.11 bits per heavy atom. The molecule has 0 aromatic carbocycles. The highest BCUT2D eigenvalue weighted by Gasteiger charge is 2.60. The molecule has 5 aliphatic rings. The molecule has 38 heavy (non-hydrogen) atoms. The molecular weight excluding hydrogens is 484 g/mol. The summed E-state index contributed by atoms with van der Waals surface area (Å²) < 4.78 is 25.2. The van der Waals surface area contributed by atoms with E-state index in [1.807, 2.05) is 12.2 Å². The fourth-order valence-corrected chi connectivity index (χ4v) is 6.85. The second kappa shape index (κ2) is 10.7. The molecule has 4 aliphatic heterocycles. The van der Waals surface area contributed by atoms with E-state index in [0.717, 1.165) is 25.7 Å². The Morgan fingerprint density at radius 2 is 1.89 bits per heavy atom. The van der Waals surface area contributed by atoms with Crippen molar-refractivity contribution in [2.45, 2.75) is 115 Å². The van der Waals surface area contributed by atoms with Gasteiger partial charge in [-0.25, -0.2) is 0 Å². The third-order valence-corrected chi connectivity index (χ3v) is 9.30. The van der Waals surface area contributed by atoms with Gasteiger partial charge in [-0.05, 0) is 63.0 Å². The predicted octanol–water partition coefficient (Wildman–Crippen LogP) is 4.53. The zero-order valence-electron chi connectivity index (χ0n) is 23.4. The van der Waals surface area contributed by atoms with E-state index in [0.29, 0.717) is 35.8 Å². The Labute approximate surface area is 226 Å². The zero-order chi connectivity index (χ0) is 27.2. The molecule has 0 saturated carbocycles. The quantitative estimate of drug-likeness (QED) is 0.352. The van der Waals surface area contributed by atoms with Crippen molar-refractivity contribution in [3.63, 3.8) is 0 Å². The minimum absolute atomic E-state index is 0.0526. The predicted molar refractivity (Wildman–Crippen MR) is 143 cm³/mol. The summed E-state index contributed by atoms with van der Waals surface area (Å²) in [6, 6.07) is 0. The van der Waals surface area contributed by atoms with Crippen LogP contribution in [0, 0.1) is 17.8 Å². The Hall–Kier alpha value is -1.77. The molecule has 7 nitrogen and oxygen atoms in total. The number of ether oxygens (including phenoxy) is 4. The summed E-state index contributed by atoms with van der Waals surface area (Å²) in [5.74, 6) is -1.53. The lowest BCUT2D eigenvalue weighted by molar-refractivity contribution is -0.332. The second-order valence-electron chi connectivity index (χ2n) is 12.4. The van der Waals surface area contributed by atoms with Crippen LogP contribution in [0.4, 0.5) is 0 Å². The van der Waals surface area contributed by atoms with Crippen LogP contribution in [0.1, 0.15) is 73.1 Å². The Kier molecular flexibility index (Phi) is 7.79. The van der Waals surface area contributed by atoms with E-state index in [2.05, 4.69) is 39.8 Å². The van der Waals surface area contributed by atoms with Gasteiger partial charge in [0.2, 0.25) is 0 Å². The van der Waals surface area contributed by atoms with E-state index in [-0.39, 0.29) is 18.8 Å². The van der Waals surface area contributed by atoms with Crippen LogP contribution in [0.5, 0.6) is 0 Å². The van der Waals surface area contributed by atoms with Gasteiger partial charge in [0.1, 0.15) is 29.8 Å². The standard InChI is InChI=1S/C31H44O7/c1-18-7-6-8-23-17-35-28-27(32)21(4)14-26(31(23,28)34)29(33)36-25-15-24(10-9-19(2)13-18)38-30(16-25)12-11-20(3)22(5)37-30/h6-9,14,18,20,22,24-28,32,34H,10-13,15-17H2,1-5H3/b7-6-,19-9-,23-8?. The molecule has 10 unspecified atom stereocenters. The van der Waals surface area contributed by atoms with Gasteiger partial charge in [0.15, 0.2) is 5.79 Å². The molecule has 2 bridgehead atoms. The van der Waals surface area contributed by atoms with Crippen molar-refractivity contribution in [3.05, 3.63) is 47.1 Å². The molecule has 3 fully saturated rings. The molecule has 210 valence electrons. The third kappa shape index (κ3) is 5.20. The smallest absolute Gasteiger partial charge is 0.316 e. The molecule has 10 atom stereocenters. The van der Waals surface area contributed by atoms with Crippen LogP contribution in [0.15, 0.2) is 47.1 Å². The summed E-state index contributed by atoms with van der Waals surface area (Å²) in [6.45, 7) is 10.5. The van der Waals surface area contributed by atoms with E-state index in [1.165, 1.54) is 5.57 Å². The maximum Gasteiger partial charge on any atom is 0.316 e. The van der Waals surface area contributed by atoms with Crippen molar-refractivity contribution in [2.24, 2.45) is 17.8 Å². The average Bonchev–Trinajstić information content (AvgIpc) is 3.19. The fourth-order valence-electron chi connectivity index (χ4n) is 6.85. The first-order valence-electron chi connectivity index (χ1n) is 14.3. The van der Waals surface area contributed by atoms with Crippen LogP contribution < -0.4 is 0 Å². The first-order chi connectivity index (χ1) is 18.0. The van der Waals surface area contributed by atoms with Gasteiger partial charge in [0, 0.05) is 19.3 Å². The first kappa shape index (κ1) is 27.8. The topological polar surface area (TPSA) is 94.5 Å². The monoisotopic (exact) mass is 528 g/mol. The summed E-state index contributed by atoms with van der Waals surface area (Å²) in [6.07, 6.45) is 11.8. The normalized spacial score (nSPS) is 48.3. The maximum absolute atomic E-state index is 13.8. The van der Waals surface area contributed by atoms with Crippen molar-refractivity contribution in [3.8, 4) is 0 Å². The summed E-state index contributed by atoms with van der Waals surface area (Å²) in [7, 11) is 0. The van der Waals surface area contributed by atoms with Crippen LogP contribution in [-0.2, 0) is 23.7 Å². The molecule has 3 saturated heterocycles. The maximum atomic E-state index is 13.8. The van der Waals surface area contributed by atoms with E-state index in [9.17, 15) is 15.0 Å². The SMILES string of the molecule is CC1=CC2C(=O)OC3CC(C/C=C(/C)CC(C)/C=C\C=C4COC(C1O)C42O)OC1(CCC(C)C(C)O1)C3. The Bertz CT molecular complexity index is 1040. The highest BCUT2D eigenvalue weighted by Crippen LogP contribution is 2.47. The zero-order valence-corrected chi connectivity index (χ0v) is 23.4. The van der Waals surface area contributed by atoms with Crippen molar-refractivity contribution >= 4 is 5.97 Å². The molecule has 4 heterocycles. The molecule has 1 spiro atoms.